The minimum absolute atomic E-state index is 0.240. The van der Waals surface area contributed by atoms with Crippen molar-refractivity contribution in [1.82, 2.24) is 0 Å². The van der Waals surface area contributed by atoms with Gasteiger partial charge < -0.3 is 5.73 Å². The number of rotatable bonds is 4. The van der Waals surface area contributed by atoms with Crippen LogP contribution in [-0.4, -0.2) is 12.3 Å². The van der Waals surface area contributed by atoms with Crippen molar-refractivity contribution >= 4 is 28.7 Å². The first kappa shape index (κ1) is 12.1. The third-order valence-corrected chi connectivity index (χ3v) is 4.74. The van der Waals surface area contributed by atoms with Gasteiger partial charge in [-0.25, -0.2) is 0 Å². The minimum Gasteiger partial charge on any atom is -0.329 e. The van der Waals surface area contributed by atoms with Crippen molar-refractivity contribution in [2.24, 2.45) is 11.1 Å². The van der Waals surface area contributed by atoms with Crippen LogP contribution in [0, 0.1) is 5.41 Å². The lowest BCUT2D eigenvalue weighted by Crippen LogP contribution is -2.37. The Bertz CT molecular complexity index is 382. The second-order valence-electron chi connectivity index (χ2n) is 4.50. The molecular weight excluding hydrogens is 242 g/mol. The second-order valence-corrected chi connectivity index (χ2v) is 6.30. The second kappa shape index (κ2) is 4.86. The summed E-state index contributed by atoms with van der Waals surface area (Å²) in [6.45, 7) is 0.491. The molecule has 0 bridgehead atoms. The van der Waals surface area contributed by atoms with Gasteiger partial charge in [-0.1, -0.05) is 24.4 Å². The lowest BCUT2D eigenvalue weighted by molar-refractivity contribution is -0.127. The van der Waals surface area contributed by atoms with Gasteiger partial charge >= 0.3 is 0 Å². The first-order valence-corrected chi connectivity index (χ1v) is 6.83. The Morgan fingerprint density at radius 3 is 2.62 bits per heavy atom. The molecule has 16 heavy (non-hydrogen) atoms. The third kappa shape index (κ3) is 2.31. The summed E-state index contributed by atoms with van der Waals surface area (Å²) in [6, 6.07) is 3.78. The van der Waals surface area contributed by atoms with E-state index < -0.39 is 0 Å². The molecule has 1 aromatic heterocycles. The van der Waals surface area contributed by atoms with Crippen molar-refractivity contribution in [2.45, 2.75) is 32.1 Å². The number of halogens is 1. The molecule has 1 aromatic rings. The van der Waals surface area contributed by atoms with Crippen molar-refractivity contribution in [3.63, 3.8) is 0 Å². The number of ketones is 1. The predicted molar refractivity (Wildman–Crippen MR) is 68.0 cm³/mol. The number of carbonyl (C=O) groups is 1. The Morgan fingerprint density at radius 1 is 1.44 bits per heavy atom. The van der Waals surface area contributed by atoms with Gasteiger partial charge in [-0.15, -0.1) is 11.3 Å². The van der Waals surface area contributed by atoms with Crippen molar-refractivity contribution in [3.05, 3.63) is 21.3 Å². The Labute approximate surface area is 105 Å². The Kier molecular flexibility index (Phi) is 3.67. The molecule has 1 aliphatic carbocycles. The normalized spacial score (nSPS) is 18.9. The molecule has 1 saturated carbocycles. The molecule has 0 amide bonds. The quantitative estimate of drug-likeness (QED) is 0.901. The van der Waals surface area contributed by atoms with Crippen molar-refractivity contribution < 1.29 is 4.79 Å². The van der Waals surface area contributed by atoms with Crippen LogP contribution >= 0.6 is 22.9 Å². The van der Waals surface area contributed by atoms with Crippen LogP contribution in [0.15, 0.2) is 12.1 Å². The predicted octanol–water partition coefficient (Wildman–Crippen LogP) is 3.03. The van der Waals surface area contributed by atoms with Crippen LogP contribution in [-0.2, 0) is 11.2 Å². The van der Waals surface area contributed by atoms with Gasteiger partial charge in [0.1, 0.15) is 5.78 Å². The molecule has 0 aromatic carbocycles. The molecule has 4 heteroatoms. The van der Waals surface area contributed by atoms with E-state index in [0.29, 0.717) is 18.7 Å². The molecular formula is C12H16ClNOS. The maximum absolute atomic E-state index is 12.3. The van der Waals surface area contributed by atoms with Crippen LogP contribution in [0.1, 0.15) is 30.6 Å². The van der Waals surface area contributed by atoms with E-state index >= 15 is 0 Å². The number of hydrogen-bond acceptors (Lipinski definition) is 3. The van der Waals surface area contributed by atoms with E-state index in [4.69, 9.17) is 17.3 Å². The number of carbonyl (C=O) groups excluding carboxylic acids is 1. The summed E-state index contributed by atoms with van der Waals surface area (Å²) >= 11 is 7.34. The molecule has 0 spiro atoms. The Hall–Kier alpha value is -0.380. The number of hydrogen-bond donors (Lipinski definition) is 1. The fraction of sp³-hybridized carbons (Fsp3) is 0.583. The van der Waals surface area contributed by atoms with Crippen LogP contribution in [0.4, 0.5) is 0 Å². The highest BCUT2D eigenvalue weighted by molar-refractivity contribution is 7.16. The number of Topliss-reactive ketones (excluding diaryl/α,β-unsaturated/α-hetero) is 1. The van der Waals surface area contributed by atoms with E-state index in [-0.39, 0.29) is 5.41 Å². The zero-order valence-electron chi connectivity index (χ0n) is 9.17. The third-order valence-electron chi connectivity index (χ3n) is 3.51. The van der Waals surface area contributed by atoms with Crippen molar-refractivity contribution in [2.75, 3.05) is 6.54 Å². The van der Waals surface area contributed by atoms with Crippen molar-refractivity contribution in [1.29, 1.82) is 0 Å². The zero-order valence-corrected chi connectivity index (χ0v) is 10.7. The fourth-order valence-electron chi connectivity index (χ4n) is 2.44. The van der Waals surface area contributed by atoms with Crippen molar-refractivity contribution in [3.8, 4) is 0 Å². The van der Waals surface area contributed by atoms with E-state index in [9.17, 15) is 4.79 Å². The maximum Gasteiger partial charge on any atom is 0.145 e. The summed E-state index contributed by atoms with van der Waals surface area (Å²) in [5.74, 6) is 0.297. The van der Waals surface area contributed by atoms with E-state index in [2.05, 4.69) is 0 Å². The fourth-order valence-corrected chi connectivity index (χ4v) is 3.53. The molecule has 0 saturated heterocycles. The van der Waals surface area contributed by atoms with Crippen LogP contribution < -0.4 is 5.73 Å². The van der Waals surface area contributed by atoms with E-state index in [1.165, 1.54) is 11.3 Å². The van der Waals surface area contributed by atoms with Gasteiger partial charge in [0.2, 0.25) is 0 Å². The monoisotopic (exact) mass is 257 g/mol. The molecule has 0 unspecified atom stereocenters. The molecule has 2 nitrogen and oxygen atoms in total. The smallest absolute Gasteiger partial charge is 0.145 e. The Balaban J connectivity index is 2.07. The highest BCUT2D eigenvalue weighted by Gasteiger charge is 2.39. The summed E-state index contributed by atoms with van der Waals surface area (Å²) in [6.07, 6.45) is 4.68. The first-order valence-electron chi connectivity index (χ1n) is 5.64. The molecule has 1 fully saturated rings. The van der Waals surface area contributed by atoms with E-state index in [0.717, 1.165) is 34.9 Å². The van der Waals surface area contributed by atoms with Gasteiger partial charge in [0, 0.05) is 23.3 Å². The molecule has 0 aliphatic heterocycles. The summed E-state index contributed by atoms with van der Waals surface area (Å²) in [5, 5.41) is 0. The standard InChI is InChI=1S/C12H16ClNOS/c13-11-4-3-9(16-11)7-10(15)12(8-14)5-1-2-6-12/h3-4H,1-2,5-8,14H2. The topological polar surface area (TPSA) is 43.1 Å². The number of nitrogens with two attached hydrogens (primary N) is 1. The molecule has 1 aliphatic rings. The van der Waals surface area contributed by atoms with Crippen LogP contribution in [0.2, 0.25) is 4.34 Å². The highest BCUT2D eigenvalue weighted by atomic mass is 35.5. The maximum atomic E-state index is 12.3. The summed E-state index contributed by atoms with van der Waals surface area (Å²) in [4.78, 5) is 13.3. The van der Waals surface area contributed by atoms with Gasteiger partial charge in [0.05, 0.1) is 4.34 Å². The number of thiophene rings is 1. The summed E-state index contributed by atoms with van der Waals surface area (Å²) in [5.41, 5.74) is 5.55. The van der Waals surface area contributed by atoms with Gasteiger partial charge in [0.15, 0.2) is 0 Å². The first-order chi connectivity index (χ1) is 7.66. The molecule has 0 radical (unpaired) electrons. The lowest BCUT2D eigenvalue weighted by atomic mass is 9.80. The van der Waals surface area contributed by atoms with Crippen LogP contribution in [0.3, 0.4) is 0 Å². The van der Waals surface area contributed by atoms with E-state index in [1.807, 2.05) is 12.1 Å². The molecule has 1 heterocycles. The minimum atomic E-state index is -0.240. The summed E-state index contributed by atoms with van der Waals surface area (Å²) < 4.78 is 0.746. The zero-order chi connectivity index (χ0) is 11.6. The van der Waals surface area contributed by atoms with Gasteiger partial charge in [-0.05, 0) is 25.0 Å². The molecule has 2 N–H and O–H groups in total. The average Bonchev–Trinajstić information content (AvgIpc) is 2.88. The van der Waals surface area contributed by atoms with Gasteiger partial charge in [-0.3, -0.25) is 4.79 Å². The average molecular weight is 258 g/mol. The van der Waals surface area contributed by atoms with Crippen LogP contribution in [0.5, 0.6) is 0 Å². The molecule has 0 atom stereocenters. The lowest BCUT2D eigenvalue weighted by Gasteiger charge is -2.25. The molecule has 2 rings (SSSR count). The SMILES string of the molecule is NCC1(C(=O)Cc2ccc(Cl)s2)CCCC1. The van der Waals surface area contributed by atoms with Gasteiger partial charge in [0.25, 0.3) is 0 Å². The Morgan fingerprint density at radius 2 is 2.12 bits per heavy atom. The molecule has 88 valence electrons. The van der Waals surface area contributed by atoms with Crippen LogP contribution in [0.25, 0.3) is 0 Å². The summed E-state index contributed by atoms with van der Waals surface area (Å²) in [7, 11) is 0. The van der Waals surface area contributed by atoms with Gasteiger partial charge in [-0.2, -0.15) is 0 Å². The van der Waals surface area contributed by atoms with E-state index in [1.54, 1.807) is 0 Å². The largest absolute Gasteiger partial charge is 0.329 e. The highest BCUT2D eigenvalue weighted by Crippen LogP contribution is 2.39.